The van der Waals surface area contributed by atoms with E-state index in [2.05, 4.69) is 0 Å². The van der Waals surface area contributed by atoms with Crippen molar-refractivity contribution in [3.05, 3.63) is 51.1 Å². The fraction of sp³-hybridized carbons (Fsp3) is 0.364. The lowest BCUT2D eigenvalue weighted by atomic mass is 10.1. The number of aryl methyl sites for hydroxylation is 2. The number of halogens is 1. The number of amides is 1. The van der Waals surface area contributed by atoms with Crippen LogP contribution in [-0.2, 0) is 0 Å². The summed E-state index contributed by atoms with van der Waals surface area (Å²) in [4.78, 5) is 33.0. The first-order valence-corrected chi connectivity index (χ1v) is 10.7. The fourth-order valence-corrected chi connectivity index (χ4v) is 4.30. The molecule has 1 amide bonds. The number of hydrogen-bond donors (Lipinski definition) is 0. The quantitative estimate of drug-likeness (QED) is 0.336. The van der Waals surface area contributed by atoms with Crippen molar-refractivity contribution in [2.24, 2.45) is 0 Å². The average Bonchev–Trinajstić information content (AvgIpc) is 3.19. The zero-order chi connectivity index (χ0) is 23.6. The molecule has 0 saturated carbocycles. The predicted molar refractivity (Wildman–Crippen MR) is 133 cm³/mol. The van der Waals surface area contributed by atoms with Crippen molar-refractivity contribution in [1.82, 2.24) is 9.88 Å². The standard InChI is InChI=1S/C22H26N4O5S.ClH/c1-13-7-8-19-20(14(13)2)23-22(32-19)25(10-9-24(3)4)21(27)15-11-17(30-5)18(31-6)12-16(15)26(28)29;/h7-8,11-12H,9-10H2,1-6H3;1H. The highest BCUT2D eigenvalue weighted by atomic mass is 35.5. The summed E-state index contributed by atoms with van der Waals surface area (Å²) in [5.74, 6) is -0.0978. The number of hydrogen-bond acceptors (Lipinski definition) is 8. The largest absolute Gasteiger partial charge is 0.493 e. The van der Waals surface area contributed by atoms with E-state index in [1.807, 2.05) is 45.0 Å². The van der Waals surface area contributed by atoms with Crippen LogP contribution in [0.3, 0.4) is 0 Å². The van der Waals surface area contributed by atoms with Crippen LogP contribution < -0.4 is 14.4 Å². The van der Waals surface area contributed by atoms with Gasteiger partial charge in [-0.1, -0.05) is 17.4 Å². The molecule has 0 radical (unpaired) electrons. The molecule has 0 N–H and O–H groups in total. The van der Waals surface area contributed by atoms with Gasteiger partial charge in [0.25, 0.3) is 11.6 Å². The van der Waals surface area contributed by atoms with Gasteiger partial charge in [-0.3, -0.25) is 19.8 Å². The third-order valence-electron chi connectivity index (χ3n) is 5.25. The number of benzene rings is 2. The maximum absolute atomic E-state index is 13.7. The number of carbonyl (C=O) groups is 1. The number of anilines is 1. The van der Waals surface area contributed by atoms with Crippen molar-refractivity contribution in [2.75, 3.05) is 46.3 Å². The molecule has 9 nitrogen and oxygen atoms in total. The molecule has 0 atom stereocenters. The molecule has 0 aliphatic rings. The van der Waals surface area contributed by atoms with Crippen LogP contribution in [0.25, 0.3) is 10.2 Å². The van der Waals surface area contributed by atoms with Gasteiger partial charge in [-0.15, -0.1) is 12.4 Å². The van der Waals surface area contributed by atoms with Gasteiger partial charge in [-0.05, 0) is 45.1 Å². The van der Waals surface area contributed by atoms with Gasteiger partial charge in [-0.2, -0.15) is 0 Å². The number of nitro benzene ring substituents is 1. The molecule has 0 aliphatic carbocycles. The van der Waals surface area contributed by atoms with E-state index >= 15 is 0 Å². The molecular weight excluding hydrogens is 468 g/mol. The van der Waals surface area contributed by atoms with Crippen LogP contribution >= 0.6 is 23.7 Å². The van der Waals surface area contributed by atoms with Crippen LogP contribution in [0.4, 0.5) is 10.8 Å². The Morgan fingerprint density at radius 3 is 2.33 bits per heavy atom. The average molecular weight is 495 g/mol. The van der Waals surface area contributed by atoms with Gasteiger partial charge in [0.2, 0.25) is 0 Å². The van der Waals surface area contributed by atoms with E-state index in [0.29, 0.717) is 18.2 Å². The topological polar surface area (TPSA) is 98.0 Å². The number of aromatic nitrogens is 1. The second-order valence-electron chi connectivity index (χ2n) is 7.59. The summed E-state index contributed by atoms with van der Waals surface area (Å²) in [5, 5.41) is 12.2. The molecule has 0 saturated heterocycles. The number of methoxy groups -OCH3 is 2. The maximum Gasteiger partial charge on any atom is 0.286 e. The Morgan fingerprint density at radius 1 is 1.12 bits per heavy atom. The Bertz CT molecular complexity index is 1180. The van der Waals surface area contributed by atoms with E-state index in [1.54, 1.807) is 0 Å². The molecule has 0 bridgehead atoms. The zero-order valence-corrected chi connectivity index (χ0v) is 21.0. The highest BCUT2D eigenvalue weighted by Crippen LogP contribution is 2.37. The SMILES string of the molecule is COc1cc(C(=O)N(CCN(C)C)c2nc3c(C)c(C)ccc3s2)c([N+](=O)[O-])cc1OC.Cl. The van der Waals surface area contributed by atoms with Gasteiger partial charge in [-0.25, -0.2) is 4.98 Å². The zero-order valence-electron chi connectivity index (χ0n) is 19.4. The minimum absolute atomic E-state index is 0. The first-order chi connectivity index (χ1) is 15.2. The number of likely N-dealkylation sites (N-methyl/N-ethyl adjacent to an activating group) is 1. The molecule has 0 unspecified atom stereocenters. The minimum atomic E-state index is -0.592. The Hall–Kier alpha value is -2.95. The second-order valence-corrected chi connectivity index (χ2v) is 8.60. The van der Waals surface area contributed by atoms with Gasteiger partial charge in [0, 0.05) is 19.2 Å². The number of rotatable bonds is 8. The Balaban J connectivity index is 0.00000385. The normalized spacial score (nSPS) is 10.8. The van der Waals surface area contributed by atoms with Gasteiger partial charge in [0.05, 0.1) is 35.4 Å². The van der Waals surface area contributed by atoms with Crippen LogP contribution in [0.5, 0.6) is 11.5 Å². The first-order valence-electron chi connectivity index (χ1n) is 9.91. The van der Waals surface area contributed by atoms with E-state index in [0.717, 1.165) is 21.3 Å². The summed E-state index contributed by atoms with van der Waals surface area (Å²) >= 11 is 1.38. The number of ether oxygens (including phenoxy) is 2. The summed E-state index contributed by atoms with van der Waals surface area (Å²) in [7, 11) is 6.60. The summed E-state index contributed by atoms with van der Waals surface area (Å²) in [6.07, 6.45) is 0. The first kappa shape index (κ1) is 26.3. The van der Waals surface area contributed by atoms with Crippen LogP contribution in [0.2, 0.25) is 0 Å². The van der Waals surface area contributed by atoms with Crippen LogP contribution in [0.1, 0.15) is 21.5 Å². The van der Waals surface area contributed by atoms with Gasteiger partial charge in [0.15, 0.2) is 16.6 Å². The molecule has 33 heavy (non-hydrogen) atoms. The van der Waals surface area contributed by atoms with Crippen LogP contribution in [0, 0.1) is 24.0 Å². The third-order valence-corrected chi connectivity index (χ3v) is 6.29. The van der Waals surface area contributed by atoms with Crippen molar-refractivity contribution in [1.29, 1.82) is 0 Å². The summed E-state index contributed by atoms with van der Waals surface area (Å²) in [5.41, 5.74) is 2.54. The number of thiazole rings is 1. The molecule has 0 aliphatic heterocycles. The number of nitro groups is 1. The molecule has 1 aromatic heterocycles. The molecular formula is C22H27ClN4O5S. The van der Waals surface area contributed by atoms with Gasteiger partial charge < -0.3 is 14.4 Å². The lowest BCUT2D eigenvalue weighted by Gasteiger charge is -2.22. The number of nitrogens with zero attached hydrogens (tertiary/aromatic N) is 4. The highest BCUT2D eigenvalue weighted by molar-refractivity contribution is 7.22. The van der Waals surface area contributed by atoms with E-state index in [1.165, 1.54) is 42.6 Å². The monoisotopic (exact) mass is 494 g/mol. The lowest BCUT2D eigenvalue weighted by Crippen LogP contribution is -2.37. The van der Waals surface area contributed by atoms with E-state index in [4.69, 9.17) is 14.5 Å². The van der Waals surface area contributed by atoms with Gasteiger partial charge >= 0.3 is 0 Å². The smallest absolute Gasteiger partial charge is 0.286 e. The summed E-state index contributed by atoms with van der Waals surface area (Å²) < 4.78 is 11.4. The molecule has 0 spiro atoms. The molecule has 178 valence electrons. The van der Waals surface area contributed by atoms with Crippen molar-refractivity contribution in [2.45, 2.75) is 13.8 Å². The molecule has 3 aromatic rings. The minimum Gasteiger partial charge on any atom is -0.493 e. The van der Waals surface area contributed by atoms with Gasteiger partial charge in [0.1, 0.15) is 5.56 Å². The third kappa shape index (κ3) is 5.35. The Labute approximate surface area is 202 Å². The van der Waals surface area contributed by atoms with E-state index < -0.39 is 10.8 Å². The van der Waals surface area contributed by atoms with Crippen LogP contribution in [0.15, 0.2) is 24.3 Å². The summed E-state index contributed by atoms with van der Waals surface area (Å²) in [6.45, 7) is 4.87. The molecule has 2 aromatic carbocycles. The Morgan fingerprint density at radius 2 is 1.76 bits per heavy atom. The highest BCUT2D eigenvalue weighted by Gasteiger charge is 2.30. The molecule has 11 heteroatoms. The van der Waals surface area contributed by atoms with E-state index in [9.17, 15) is 14.9 Å². The number of fused-ring (bicyclic) bond motifs is 1. The number of carbonyl (C=O) groups excluding carboxylic acids is 1. The fourth-order valence-electron chi connectivity index (χ4n) is 3.25. The maximum atomic E-state index is 13.7. The molecule has 0 fully saturated rings. The van der Waals surface area contributed by atoms with Crippen LogP contribution in [-0.4, -0.2) is 62.1 Å². The van der Waals surface area contributed by atoms with E-state index in [-0.39, 0.29) is 35.2 Å². The van der Waals surface area contributed by atoms with Crippen molar-refractivity contribution >= 4 is 50.7 Å². The lowest BCUT2D eigenvalue weighted by molar-refractivity contribution is -0.385. The summed E-state index contributed by atoms with van der Waals surface area (Å²) in [6, 6.07) is 6.56. The molecule has 3 rings (SSSR count). The Kier molecular flexibility index (Phi) is 8.59. The second kappa shape index (κ2) is 10.8. The van der Waals surface area contributed by atoms with Crippen molar-refractivity contribution in [3.63, 3.8) is 0 Å². The molecule has 1 heterocycles. The predicted octanol–water partition coefficient (Wildman–Crippen LogP) is 4.47. The van der Waals surface area contributed by atoms with Crippen molar-refractivity contribution < 1.29 is 19.2 Å². The van der Waals surface area contributed by atoms with Crippen molar-refractivity contribution in [3.8, 4) is 11.5 Å².